The molecule has 23 heavy (non-hydrogen) atoms. The third-order valence-electron chi connectivity index (χ3n) is 5.72. The Balaban J connectivity index is 1.62. The average Bonchev–Trinajstić information content (AvgIpc) is 3.04. The summed E-state index contributed by atoms with van der Waals surface area (Å²) in [6, 6.07) is 4.75. The van der Waals surface area contributed by atoms with Gasteiger partial charge in [-0.3, -0.25) is 0 Å². The van der Waals surface area contributed by atoms with E-state index in [2.05, 4.69) is 42.8 Å². The number of nitrogens with zero attached hydrogens (tertiary/aromatic N) is 3. The summed E-state index contributed by atoms with van der Waals surface area (Å²) in [7, 11) is 0. The first-order valence-electron chi connectivity index (χ1n) is 8.52. The number of hydrogen-bond acceptors (Lipinski definition) is 3. The van der Waals surface area contributed by atoms with Crippen molar-refractivity contribution in [3.63, 3.8) is 0 Å². The summed E-state index contributed by atoms with van der Waals surface area (Å²) in [5, 5.41) is 9.22. The SMILES string of the molecule is FC1CC(c2ccc(Br)s2)(c2nnc(C3CCC3)n2C2CC2)C1. The van der Waals surface area contributed by atoms with Gasteiger partial charge in [0, 0.05) is 16.8 Å². The van der Waals surface area contributed by atoms with Gasteiger partial charge in [-0.25, -0.2) is 4.39 Å². The van der Waals surface area contributed by atoms with Crippen molar-refractivity contribution in [1.82, 2.24) is 14.8 Å². The molecule has 3 nitrogen and oxygen atoms in total. The van der Waals surface area contributed by atoms with Crippen LogP contribution in [-0.4, -0.2) is 20.9 Å². The van der Waals surface area contributed by atoms with Crippen molar-refractivity contribution in [1.29, 1.82) is 0 Å². The van der Waals surface area contributed by atoms with Crippen LogP contribution in [0.25, 0.3) is 0 Å². The topological polar surface area (TPSA) is 30.7 Å². The summed E-state index contributed by atoms with van der Waals surface area (Å²) >= 11 is 5.27. The number of thiophene rings is 1. The smallest absolute Gasteiger partial charge is 0.145 e. The van der Waals surface area contributed by atoms with E-state index in [9.17, 15) is 4.39 Å². The lowest BCUT2D eigenvalue weighted by atomic mass is 9.65. The predicted molar refractivity (Wildman–Crippen MR) is 91.8 cm³/mol. The molecule has 0 spiro atoms. The highest BCUT2D eigenvalue weighted by atomic mass is 79.9. The first-order valence-corrected chi connectivity index (χ1v) is 10.1. The fourth-order valence-electron chi connectivity index (χ4n) is 4.03. The molecule has 0 unspecified atom stereocenters. The normalized spacial score (nSPS) is 31.0. The summed E-state index contributed by atoms with van der Waals surface area (Å²) in [5.41, 5.74) is -0.256. The van der Waals surface area contributed by atoms with Crippen LogP contribution in [0.5, 0.6) is 0 Å². The Labute approximate surface area is 147 Å². The molecule has 0 N–H and O–H groups in total. The fraction of sp³-hybridized carbons (Fsp3) is 0.647. The van der Waals surface area contributed by atoms with Crippen LogP contribution in [0.2, 0.25) is 0 Å². The van der Waals surface area contributed by atoms with Gasteiger partial charge >= 0.3 is 0 Å². The Kier molecular flexibility index (Phi) is 3.25. The summed E-state index contributed by atoms with van der Waals surface area (Å²) in [4.78, 5) is 1.23. The quantitative estimate of drug-likeness (QED) is 0.718. The zero-order valence-electron chi connectivity index (χ0n) is 12.8. The van der Waals surface area contributed by atoms with Gasteiger partial charge in [0.15, 0.2) is 0 Å². The number of hydrogen-bond donors (Lipinski definition) is 0. The Morgan fingerprint density at radius 2 is 1.96 bits per heavy atom. The van der Waals surface area contributed by atoms with E-state index in [1.165, 1.54) is 42.8 Å². The number of halogens is 2. The zero-order valence-corrected chi connectivity index (χ0v) is 15.2. The number of aromatic nitrogens is 3. The van der Waals surface area contributed by atoms with E-state index in [-0.39, 0.29) is 5.41 Å². The number of alkyl halides is 1. The lowest BCUT2D eigenvalue weighted by Crippen LogP contribution is -2.45. The molecule has 0 bridgehead atoms. The van der Waals surface area contributed by atoms with Gasteiger partial charge < -0.3 is 4.57 Å². The third-order valence-corrected chi connectivity index (χ3v) is 7.55. The molecule has 5 rings (SSSR count). The van der Waals surface area contributed by atoms with Crippen LogP contribution >= 0.6 is 27.3 Å². The molecule has 0 aliphatic heterocycles. The van der Waals surface area contributed by atoms with Crippen molar-refractivity contribution < 1.29 is 4.39 Å². The standard InChI is InChI=1S/C17H19BrFN3S/c18-14-7-6-13(23-14)17(8-11(19)9-17)16-21-20-15(10-2-1-3-10)22(16)12-4-5-12/h6-7,10-12H,1-5,8-9H2. The van der Waals surface area contributed by atoms with E-state index in [0.717, 1.165) is 9.61 Å². The van der Waals surface area contributed by atoms with E-state index in [0.29, 0.717) is 24.8 Å². The average molecular weight is 396 g/mol. The first kappa shape index (κ1) is 14.6. The summed E-state index contributed by atoms with van der Waals surface area (Å²) < 4.78 is 17.4. The molecule has 6 heteroatoms. The molecule has 0 radical (unpaired) electrons. The van der Waals surface area contributed by atoms with Gasteiger partial charge in [-0.15, -0.1) is 21.5 Å². The van der Waals surface area contributed by atoms with E-state index in [4.69, 9.17) is 0 Å². The molecule has 2 heterocycles. The van der Waals surface area contributed by atoms with Gasteiger partial charge in [0.2, 0.25) is 0 Å². The molecular weight excluding hydrogens is 377 g/mol. The van der Waals surface area contributed by atoms with Gasteiger partial charge in [-0.05, 0) is 66.6 Å². The highest BCUT2D eigenvalue weighted by Gasteiger charge is 2.53. The summed E-state index contributed by atoms with van der Waals surface area (Å²) in [6.45, 7) is 0. The van der Waals surface area contributed by atoms with E-state index < -0.39 is 6.17 Å². The molecule has 2 aromatic rings. The minimum Gasteiger partial charge on any atom is -0.311 e. The van der Waals surface area contributed by atoms with Crippen LogP contribution in [0.4, 0.5) is 4.39 Å². The van der Waals surface area contributed by atoms with Crippen molar-refractivity contribution in [3.05, 3.63) is 32.4 Å². The molecule has 0 saturated heterocycles. The fourth-order valence-corrected chi connectivity index (χ4v) is 5.62. The van der Waals surface area contributed by atoms with Crippen molar-refractivity contribution >= 4 is 27.3 Å². The molecule has 0 amide bonds. The predicted octanol–water partition coefficient (Wildman–Crippen LogP) is 5.12. The Bertz CT molecular complexity index is 741. The maximum absolute atomic E-state index is 13.9. The van der Waals surface area contributed by atoms with Crippen molar-refractivity contribution in [3.8, 4) is 0 Å². The molecule has 122 valence electrons. The van der Waals surface area contributed by atoms with Crippen LogP contribution in [0.15, 0.2) is 15.9 Å². The maximum atomic E-state index is 13.9. The molecule has 0 aromatic carbocycles. The zero-order chi connectivity index (χ0) is 15.6. The molecule has 3 aliphatic carbocycles. The second kappa shape index (κ2) is 5.12. The van der Waals surface area contributed by atoms with Crippen LogP contribution in [0.1, 0.15) is 73.4 Å². The monoisotopic (exact) mass is 395 g/mol. The highest BCUT2D eigenvalue weighted by molar-refractivity contribution is 9.11. The molecule has 2 aromatic heterocycles. The van der Waals surface area contributed by atoms with Crippen molar-refractivity contribution in [2.75, 3.05) is 0 Å². The second-order valence-corrected chi connectivity index (χ2v) is 9.77. The highest BCUT2D eigenvalue weighted by Crippen LogP contribution is 2.54. The van der Waals surface area contributed by atoms with Gasteiger partial charge in [-0.2, -0.15) is 0 Å². The second-order valence-electron chi connectivity index (χ2n) is 7.30. The lowest BCUT2D eigenvalue weighted by Gasteiger charge is -2.43. The van der Waals surface area contributed by atoms with Gasteiger partial charge in [0.25, 0.3) is 0 Å². The van der Waals surface area contributed by atoms with Gasteiger partial charge in [-0.1, -0.05) is 6.42 Å². The number of rotatable bonds is 4. The Hall–Kier alpha value is -0.750. The lowest BCUT2D eigenvalue weighted by molar-refractivity contribution is 0.116. The Morgan fingerprint density at radius 1 is 1.17 bits per heavy atom. The van der Waals surface area contributed by atoms with Gasteiger partial charge in [0.1, 0.15) is 17.8 Å². The van der Waals surface area contributed by atoms with Crippen LogP contribution in [0.3, 0.4) is 0 Å². The van der Waals surface area contributed by atoms with Gasteiger partial charge in [0.05, 0.1) is 9.20 Å². The minimum absolute atomic E-state index is 0.256. The molecule has 3 aliphatic rings. The molecule has 3 saturated carbocycles. The van der Waals surface area contributed by atoms with Crippen LogP contribution < -0.4 is 0 Å². The van der Waals surface area contributed by atoms with E-state index >= 15 is 0 Å². The molecular formula is C17H19BrFN3S. The largest absolute Gasteiger partial charge is 0.311 e. The van der Waals surface area contributed by atoms with E-state index in [1.807, 2.05) is 0 Å². The van der Waals surface area contributed by atoms with Crippen molar-refractivity contribution in [2.24, 2.45) is 0 Å². The van der Waals surface area contributed by atoms with E-state index in [1.54, 1.807) is 11.3 Å². The third kappa shape index (κ3) is 2.17. The Morgan fingerprint density at radius 3 is 2.48 bits per heavy atom. The summed E-state index contributed by atoms with van der Waals surface area (Å²) in [5.74, 6) is 2.78. The maximum Gasteiger partial charge on any atom is 0.145 e. The first-order chi connectivity index (χ1) is 11.2. The van der Waals surface area contributed by atoms with Crippen LogP contribution in [-0.2, 0) is 5.41 Å². The van der Waals surface area contributed by atoms with Crippen LogP contribution in [0, 0.1) is 0 Å². The van der Waals surface area contributed by atoms with Crippen molar-refractivity contribution in [2.45, 2.75) is 68.5 Å². The summed E-state index contributed by atoms with van der Waals surface area (Å²) in [6.07, 6.45) is 6.58. The molecule has 0 atom stereocenters. The minimum atomic E-state index is -0.715. The molecule has 3 fully saturated rings.